The molecule has 0 aromatic rings. The number of amides is 2. The van der Waals surface area contributed by atoms with Gasteiger partial charge in [0.25, 0.3) is 0 Å². The molecule has 2 saturated heterocycles. The van der Waals surface area contributed by atoms with Crippen molar-refractivity contribution in [1.29, 1.82) is 0 Å². The molecule has 0 radical (unpaired) electrons. The predicted octanol–water partition coefficient (Wildman–Crippen LogP) is 2.85. The summed E-state index contributed by atoms with van der Waals surface area (Å²) < 4.78 is 0. The van der Waals surface area contributed by atoms with E-state index in [9.17, 15) is 14.7 Å². The van der Waals surface area contributed by atoms with Gasteiger partial charge in [-0.2, -0.15) is 0 Å². The molecule has 4 atom stereocenters. The zero-order valence-electron chi connectivity index (χ0n) is 13.2. The van der Waals surface area contributed by atoms with Gasteiger partial charge in [-0.15, -0.1) is 0 Å². The van der Waals surface area contributed by atoms with E-state index in [0.717, 1.165) is 25.7 Å². The summed E-state index contributed by atoms with van der Waals surface area (Å²) in [6.45, 7) is 5.05. The van der Waals surface area contributed by atoms with Crippen LogP contribution in [0, 0.1) is 11.8 Å². The first-order valence-corrected chi connectivity index (χ1v) is 8.37. The van der Waals surface area contributed by atoms with Crippen molar-refractivity contribution in [2.24, 2.45) is 11.8 Å². The molecule has 2 N–H and O–H groups in total. The van der Waals surface area contributed by atoms with Gasteiger partial charge in [0.15, 0.2) is 0 Å². The zero-order chi connectivity index (χ0) is 15.4. The third-order valence-electron chi connectivity index (χ3n) is 5.17. The molecule has 2 rings (SSSR count). The van der Waals surface area contributed by atoms with Crippen LogP contribution in [0.1, 0.15) is 58.8 Å². The summed E-state index contributed by atoms with van der Waals surface area (Å²) in [5.41, 5.74) is 0. The minimum Gasteiger partial charge on any atom is -0.481 e. The second-order valence-corrected chi connectivity index (χ2v) is 6.49. The molecule has 2 aliphatic rings. The Morgan fingerprint density at radius 1 is 1.33 bits per heavy atom. The number of carboxylic acids is 1. The van der Waals surface area contributed by atoms with Crippen molar-refractivity contribution >= 4 is 12.0 Å². The van der Waals surface area contributed by atoms with Crippen molar-refractivity contribution in [1.82, 2.24) is 10.2 Å². The van der Waals surface area contributed by atoms with Crippen molar-refractivity contribution in [3.63, 3.8) is 0 Å². The van der Waals surface area contributed by atoms with E-state index < -0.39 is 5.97 Å². The molecule has 21 heavy (non-hydrogen) atoms. The molecular weight excluding hydrogens is 268 g/mol. The van der Waals surface area contributed by atoms with Gasteiger partial charge in [0.05, 0.1) is 5.92 Å². The van der Waals surface area contributed by atoms with E-state index >= 15 is 0 Å². The molecular formula is C16H28N2O3. The maximum atomic E-state index is 12.4. The van der Waals surface area contributed by atoms with Crippen LogP contribution < -0.4 is 5.32 Å². The second kappa shape index (κ2) is 7.14. The fraction of sp³-hybridized carbons (Fsp3) is 0.875. The number of urea groups is 1. The highest BCUT2D eigenvalue weighted by Gasteiger charge is 2.51. The molecule has 2 bridgehead atoms. The highest BCUT2D eigenvalue weighted by Crippen LogP contribution is 2.41. The number of nitrogens with zero attached hydrogens (tertiary/aromatic N) is 1. The Bertz CT molecular complexity index is 386. The first kappa shape index (κ1) is 16.1. The molecule has 0 saturated carbocycles. The standard InChI is InChI=1S/C16H28N2O3/c1-3-5-6-11(4-2)10-17-16(21)18-12-7-8-14(18)13(9-12)15(19)20/h11-14H,3-10H2,1-2H3,(H,17,21)(H,19,20). The number of carboxylic acid groups (broad SMARTS) is 1. The summed E-state index contributed by atoms with van der Waals surface area (Å²) in [5.74, 6) is -0.588. The maximum Gasteiger partial charge on any atom is 0.317 e. The van der Waals surface area contributed by atoms with Gasteiger partial charge in [-0.1, -0.05) is 33.1 Å². The lowest BCUT2D eigenvalue weighted by atomic mass is 9.89. The van der Waals surface area contributed by atoms with E-state index in [1.165, 1.54) is 12.8 Å². The summed E-state index contributed by atoms with van der Waals surface area (Å²) in [6.07, 6.45) is 7.02. The minimum absolute atomic E-state index is 0.0544. The van der Waals surface area contributed by atoms with Gasteiger partial charge >= 0.3 is 12.0 Å². The second-order valence-electron chi connectivity index (χ2n) is 6.49. The Hall–Kier alpha value is -1.26. The van der Waals surface area contributed by atoms with Gasteiger partial charge < -0.3 is 15.3 Å². The lowest BCUT2D eigenvalue weighted by molar-refractivity contribution is -0.142. The number of nitrogens with one attached hydrogen (secondary N) is 1. The number of hydrogen-bond acceptors (Lipinski definition) is 2. The molecule has 2 heterocycles. The summed E-state index contributed by atoms with van der Waals surface area (Å²) in [7, 11) is 0. The zero-order valence-corrected chi connectivity index (χ0v) is 13.2. The molecule has 0 aliphatic carbocycles. The molecule has 120 valence electrons. The molecule has 5 heteroatoms. The van der Waals surface area contributed by atoms with Crippen LogP contribution in [-0.4, -0.2) is 40.6 Å². The van der Waals surface area contributed by atoms with E-state index in [-0.39, 0.29) is 24.0 Å². The minimum atomic E-state index is -0.755. The lowest BCUT2D eigenvalue weighted by Crippen LogP contribution is -2.45. The predicted molar refractivity (Wildman–Crippen MR) is 81.1 cm³/mol. The first-order chi connectivity index (χ1) is 10.1. The van der Waals surface area contributed by atoms with Gasteiger partial charge in [-0.05, 0) is 31.6 Å². The largest absolute Gasteiger partial charge is 0.481 e. The molecule has 5 nitrogen and oxygen atoms in total. The monoisotopic (exact) mass is 296 g/mol. The highest BCUT2D eigenvalue weighted by molar-refractivity contribution is 5.79. The van der Waals surface area contributed by atoms with E-state index in [1.54, 1.807) is 0 Å². The van der Waals surface area contributed by atoms with Crippen LogP contribution in [0.2, 0.25) is 0 Å². The first-order valence-electron chi connectivity index (χ1n) is 8.37. The van der Waals surface area contributed by atoms with Crippen LogP contribution in [0.5, 0.6) is 0 Å². The third kappa shape index (κ3) is 3.50. The lowest BCUT2D eigenvalue weighted by Gasteiger charge is -2.25. The topological polar surface area (TPSA) is 69.6 Å². The molecule has 2 aliphatic heterocycles. The number of rotatable bonds is 7. The van der Waals surface area contributed by atoms with Crippen molar-refractivity contribution in [2.75, 3.05) is 6.54 Å². The van der Waals surface area contributed by atoms with Gasteiger partial charge in [0.2, 0.25) is 0 Å². The Morgan fingerprint density at radius 2 is 2.10 bits per heavy atom. The molecule has 2 fully saturated rings. The van der Waals surface area contributed by atoms with Crippen LogP contribution >= 0.6 is 0 Å². The van der Waals surface area contributed by atoms with Crippen LogP contribution in [0.3, 0.4) is 0 Å². The Labute approximate surface area is 127 Å². The van der Waals surface area contributed by atoms with Gasteiger partial charge in [-0.3, -0.25) is 4.79 Å². The number of carbonyl (C=O) groups is 2. The van der Waals surface area contributed by atoms with E-state index in [0.29, 0.717) is 18.9 Å². The van der Waals surface area contributed by atoms with E-state index in [4.69, 9.17) is 0 Å². The highest BCUT2D eigenvalue weighted by atomic mass is 16.4. The van der Waals surface area contributed by atoms with Crippen molar-refractivity contribution in [2.45, 2.75) is 70.9 Å². The summed E-state index contributed by atoms with van der Waals surface area (Å²) >= 11 is 0. The fourth-order valence-corrected chi connectivity index (χ4v) is 3.84. The Balaban J connectivity index is 1.85. The Morgan fingerprint density at radius 3 is 2.67 bits per heavy atom. The normalized spacial score (nSPS) is 28.7. The average molecular weight is 296 g/mol. The smallest absolute Gasteiger partial charge is 0.317 e. The maximum absolute atomic E-state index is 12.4. The number of aliphatic carboxylic acids is 1. The number of hydrogen-bond donors (Lipinski definition) is 2. The van der Waals surface area contributed by atoms with Crippen LogP contribution in [0.4, 0.5) is 4.79 Å². The molecule has 0 spiro atoms. The Kier molecular flexibility index (Phi) is 5.48. The number of carbonyl (C=O) groups excluding carboxylic acids is 1. The van der Waals surface area contributed by atoms with Crippen LogP contribution in [0.25, 0.3) is 0 Å². The van der Waals surface area contributed by atoms with Crippen LogP contribution in [0.15, 0.2) is 0 Å². The third-order valence-corrected chi connectivity index (χ3v) is 5.17. The quantitative estimate of drug-likeness (QED) is 0.759. The summed E-state index contributed by atoms with van der Waals surface area (Å²) in [4.78, 5) is 25.4. The van der Waals surface area contributed by atoms with Crippen molar-refractivity contribution in [3.05, 3.63) is 0 Å². The van der Waals surface area contributed by atoms with Crippen LogP contribution in [-0.2, 0) is 4.79 Å². The molecule has 0 aromatic heterocycles. The van der Waals surface area contributed by atoms with E-state index in [1.807, 2.05) is 4.90 Å². The van der Waals surface area contributed by atoms with Gasteiger partial charge in [0.1, 0.15) is 0 Å². The van der Waals surface area contributed by atoms with Crippen molar-refractivity contribution < 1.29 is 14.7 Å². The summed E-state index contributed by atoms with van der Waals surface area (Å²) in [5, 5.41) is 12.3. The van der Waals surface area contributed by atoms with Crippen molar-refractivity contribution in [3.8, 4) is 0 Å². The molecule has 4 unspecified atom stereocenters. The average Bonchev–Trinajstić information content (AvgIpc) is 3.05. The molecule has 0 aromatic carbocycles. The summed E-state index contributed by atoms with van der Waals surface area (Å²) in [6, 6.07) is -0.0174. The van der Waals surface area contributed by atoms with E-state index in [2.05, 4.69) is 19.2 Å². The number of unbranched alkanes of at least 4 members (excludes halogenated alkanes) is 1. The number of fused-ring (bicyclic) bond motifs is 2. The van der Waals surface area contributed by atoms with Gasteiger partial charge in [-0.25, -0.2) is 4.79 Å². The SMILES string of the molecule is CCCCC(CC)CNC(=O)N1C2CCC1C(C(=O)O)C2. The van der Waals surface area contributed by atoms with Gasteiger partial charge in [0, 0.05) is 18.6 Å². The fourth-order valence-electron chi connectivity index (χ4n) is 3.84. The molecule has 2 amide bonds.